The van der Waals surface area contributed by atoms with E-state index in [2.05, 4.69) is 25.4 Å². The third-order valence-electron chi connectivity index (χ3n) is 4.76. The standard InChI is InChI=1S/C22H22N6O5/c1-28-11-13(9-26-28)27-21(29)8-17-18(30-2)5-14(10-23-17)33-22-15-6-19(31-3)20(32-4)7-16(15)24-12-25-22/h5-7,9-12H,8H2,1-4H3,(H,27,29). The van der Waals surface area contributed by atoms with Gasteiger partial charge in [0, 0.05) is 25.4 Å². The second kappa shape index (κ2) is 9.39. The van der Waals surface area contributed by atoms with Gasteiger partial charge in [-0.05, 0) is 6.07 Å². The van der Waals surface area contributed by atoms with Crippen molar-refractivity contribution in [3.05, 3.63) is 48.8 Å². The van der Waals surface area contributed by atoms with Crippen molar-refractivity contribution in [1.29, 1.82) is 0 Å². The molecule has 1 amide bonds. The van der Waals surface area contributed by atoms with Crippen LogP contribution in [0.1, 0.15) is 5.69 Å². The quantitative estimate of drug-likeness (QED) is 0.432. The van der Waals surface area contributed by atoms with Crippen LogP contribution in [0.5, 0.6) is 28.9 Å². The fourth-order valence-corrected chi connectivity index (χ4v) is 3.22. The molecule has 0 atom stereocenters. The molecule has 0 aliphatic rings. The predicted octanol–water partition coefficient (Wildman–Crippen LogP) is 2.76. The van der Waals surface area contributed by atoms with Crippen LogP contribution in [0.4, 0.5) is 5.69 Å². The van der Waals surface area contributed by atoms with Crippen molar-refractivity contribution in [3.8, 4) is 28.9 Å². The van der Waals surface area contributed by atoms with Crippen molar-refractivity contribution >= 4 is 22.5 Å². The number of methoxy groups -OCH3 is 3. The Kier molecular flexibility index (Phi) is 6.20. The minimum atomic E-state index is -0.245. The number of aromatic nitrogens is 5. The molecule has 0 saturated heterocycles. The Hall–Kier alpha value is -4.41. The van der Waals surface area contributed by atoms with Gasteiger partial charge in [0.25, 0.3) is 0 Å². The van der Waals surface area contributed by atoms with Crippen LogP contribution in [0.25, 0.3) is 10.9 Å². The fraction of sp³-hybridized carbons (Fsp3) is 0.227. The van der Waals surface area contributed by atoms with Crippen LogP contribution in [0.2, 0.25) is 0 Å². The third-order valence-corrected chi connectivity index (χ3v) is 4.76. The third kappa shape index (κ3) is 4.76. The topological polar surface area (TPSA) is 123 Å². The first-order valence-corrected chi connectivity index (χ1v) is 9.86. The van der Waals surface area contributed by atoms with Gasteiger partial charge in [-0.25, -0.2) is 9.97 Å². The fourth-order valence-electron chi connectivity index (χ4n) is 3.22. The van der Waals surface area contributed by atoms with Crippen molar-refractivity contribution in [2.75, 3.05) is 26.6 Å². The summed E-state index contributed by atoms with van der Waals surface area (Å²) in [4.78, 5) is 25.2. The number of rotatable bonds is 8. The molecule has 0 unspecified atom stereocenters. The summed E-state index contributed by atoms with van der Waals surface area (Å²) in [6.45, 7) is 0. The number of aryl methyl sites for hydroxylation is 1. The first-order chi connectivity index (χ1) is 16.0. The number of carbonyl (C=O) groups excluding carboxylic acids is 1. The number of fused-ring (bicyclic) bond motifs is 1. The molecule has 3 heterocycles. The lowest BCUT2D eigenvalue weighted by atomic mass is 10.2. The maximum Gasteiger partial charge on any atom is 0.230 e. The summed E-state index contributed by atoms with van der Waals surface area (Å²) in [6, 6.07) is 5.13. The van der Waals surface area contributed by atoms with Crippen LogP contribution in [-0.4, -0.2) is 52.0 Å². The number of amides is 1. The Bertz CT molecular complexity index is 1310. The zero-order valence-electron chi connectivity index (χ0n) is 18.5. The molecule has 0 aliphatic carbocycles. The average Bonchev–Trinajstić information content (AvgIpc) is 3.23. The van der Waals surface area contributed by atoms with E-state index < -0.39 is 0 Å². The summed E-state index contributed by atoms with van der Waals surface area (Å²) in [5.74, 6) is 1.93. The molecule has 0 spiro atoms. The zero-order valence-corrected chi connectivity index (χ0v) is 18.5. The van der Waals surface area contributed by atoms with Crippen LogP contribution < -0.4 is 24.3 Å². The Balaban J connectivity index is 1.56. The molecule has 0 radical (unpaired) electrons. The lowest BCUT2D eigenvalue weighted by molar-refractivity contribution is -0.115. The zero-order chi connectivity index (χ0) is 23.4. The van der Waals surface area contributed by atoms with Crippen molar-refractivity contribution in [1.82, 2.24) is 24.7 Å². The number of nitrogens with zero attached hydrogens (tertiary/aromatic N) is 5. The van der Waals surface area contributed by atoms with Gasteiger partial charge in [0.15, 0.2) is 17.2 Å². The minimum absolute atomic E-state index is 0.0196. The van der Waals surface area contributed by atoms with Crippen LogP contribution in [0, 0.1) is 0 Å². The molecule has 0 aliphatic heterocycles. The molecule has 4 aromatic rings. The Morgan fingerprint density at radius 2 is 1.73 bits per heavy atom. The number of hydrogen-bond donors (Lipinski definition) is 1. The van der Waals surface area contributed by atoms with Crippen LogP contribution in [-0.2, 0) is 18.3 Å². The molecule has 33 heavy (non-hydrogen) atoms. The Morgan fingerprint density at radius 1 is 0.970 bits per heavy atom. The molecule has 3 aromatic heterocycles. The van der Waals surface area contributed by atoms with Gasteiger partial charge in [-0.15, -0.1) is 0 Å². The van der Waals surface area contributed by atoms with E-state index in [9.17, 15) is 4.79 Å². The summed E-state index contributed by atoms with van der Waals surface area (Å²) >= 11 is 0. The van der Waals surface area contributed by atoms with Gasteiger partial charge in [0.1, 0.15) is 12.1 Å². The highest BCUT2D eigenvalue weighted by molar-refractivity contribution is 5.92. The molecular weight excluding hydrogens is 428 g/mol. The number of anilines is 1. The average molecular weight is 450 g/mol. The molecule has 1 aromatic carbocycles. The van der Waals surface area contributed by atoms with E-state index in [1.165, 1.54) is 19.6 Å². The largest absolute Gasteiger partial charge is 0.495 e. The molecule has 0 bridgehead atoms. The smallest absolute Gasteiger partial charge is 0.230 e. The van der Waals surface area contributed by atoms with E-state index in [0.29, 0.717) is 51.2 Å². The monoisotopic (exact) mass is 450 g/mol. The number of pyridine rings is 1. The van der Waals surface area contributed by atoms with Gasteiger partial charge in [-0.1, -0.05) is 0 Å². The van der Waals surface area contributed by atoms with Gasteiger partial charge in [0.2, 0.25) is 11.8 Å². The van der Waals surface area contributed by atoms with Crippen LogP contribution in [0.3, 0.4) is 0 Å². The molecule has 1 N–H and O–H groups in total. The van der Waals surface area contributed by atoms with Crippen LogP contribution in [0.15, 0.2) is 43.1 Å². The number of ether oxygens (including phenoxy) is 4. The highest BCUT2D eigenvalue weighted by Crippen LogP contribution is 2.36. The van der Waals surface area contributed by atoms with Gasteiger partial charge >= 0.3 is 0 Å². The van der Waals surface area contributed by atoms with Crippen molar-refractivity contribution in [3.63, 3.8) is 0 Å². The lowest BCUT2D eigenvalue weighted by Crippen LogP contribution is -2.15. The lowest BCUT2D eigenvalue weighted by Gasteiger charge is -2.13. The molecule has 11 heteroatoms. The molecular formula is C22H22N6O5. The summed E-state index contributed by atoms with van der Waals surface area (Å²) in [7, 11) is 6.37. The van der Waals surface area contributed by atoms with E-state index in [-0.39, 0.29) is 12.3 Å². The molecule has 0 saturated carbocycles. The van der Waals surface area contributed by atoms with E-state index in [0.717, 1.165) is 0 Å². The minimum Gasteiger partial charge on any atom is -0.495 e. The number of benzene rings is 1. The maximum absolute atomic E-state index is 12.4. The number of hydrogen-bond acceptors (Lipinski definition) is 9. The Morgan fingerprint density at radius 3 is 2.42 bits per heavy atom. The van der Waals surface area contributed by atoms with Gasteiger partial charge in [-0.3, -0.25) is 14.5 Å². The van der Waals surface area contributed by atoms with Gasteiger partial charge < -0.3 is 24.3 Å². The Labute approximate surface area is 189 Å². The van der Waals surface area contributed by atoms with E-state index >= 15 is 0 Å². The first kappa shape index (κ1) is 21.8. The molecule has 170 valence electrons. The van der Waals surface area contributed by atoms with E-state index in [4.69, 9.17) is 18.9 Å². The number of nitrogens with one attached hydrogen (secondary N) is 1. The highest BCUT2D eigenvalue weighted by Gasteiger charge is 2.16. The summed E-state index contributed by atoms with van der Waals surface area (Å²) < 4.78 is 23.7. The van der Waals surface area contributed by atoms with Crippen molar-refractivity contribution in [2.24, 2.45) is 7.05 Å². The molecule has 0 fully saturated rings. The highest BCUT2D eigenvalue weighted by atomic mass is 16.5. The van der Waals surface area contributed by atoms with Crippen LogP contribution >= 0.6 is 0 Å². The van der Waals surface area contributed by atoms with Gasteiger partial charge in [-0.2, -0.15) is 5.10 Å². The molecule has 11 nitrogen and oxygen atoms in total. The van der Waals surface area contributed by atoms with Crippen molar-refractivity contribution < 1.29 is 23.7 Å². The second-order valence-electron chi connectivity index (χ2n) is 6.95. The number of carbonyl (C=O) groups is 1. The first-order valence-electron chi connectivity index (χ1n) is 9.86. The van der Waals surface area contributed by atoms with Crippen molar-refractivity contribution in [2.45, 2.75) is 6.42 Å². The van der Waals surface area contributed by atoms with E-state index in [1.807, 2.05) is 0 Å². The van der Waals surface area contributed by atoms with E-state index in [1.54, 1.807) is 56.5 Å². The molecule has 4 rings (SSSR count). The maximum atomic E-state index is 12.4. The predicted molar refractivity (Wildman–Crippen MR) is 119 cm³/mol. The second-order valence-corrected chi connectivity index (χ2v) is 6.95. The van der Waals surface area contributed by atoms with Gasteiger partial charge in [0.05, 0.1) is 62.4 Å². The summed E-state index contributed by atoms with van der Waals surface area (Å²) in [5.41, 5.74) is 1.69. The summed E-state index contributed by atoms with van der Waals surface area (Å²) in [6.07, 6.45) is 6.19. The normalized spacial score (nSPS) is 10.7. The SMILES string of the molecule is COc1cc2ncnc(Oc3cnc(CC(=O)Nc4cnn(C)c4)c(OC)c3)c2cc1OC. The summed E-state index contributed by atoms with van der Waals surface area (Å²) in [5, 5.41) is 7.43.